The van der Waals surface area contributed by atoms with Crippen LogP contribution >= 0.6 is 0 Å². The molecule has 16 heavy (non-hydrogen) atoms. The van der Waals surface area contributed by atoms with E-state index in [9.17, 15) is 15.3 Å². The maximum absolute atomic E-state index is 9.55. The van der Waals surface area contributed by atoms with Crippen LogP contribution in [0.1, 0.15) is 19.4 Å². The standard InChI is InChI=1S/C12H19NO3/c1-8(2)11(15)7-13-6-9-4-3-5-10(14)12(9)16/h3-5,8,11,13-16H,6-7H2,1-2H3. The summed E-state index contributed by atoms with van der Waals surface area (Å²) in [5.74, 6) is -0.0250. The highest BCUT2D eigenvalue weighted by Crippen LogP contribution is 2.27. The van der Waals surface area contributed by atoms with Gasteiger partial charge in [-0.1, -0.05) is 26.0 Å². The zero-order valence-electron chi connectivity index (χ0n) is 9.64. The number of aliphatic hydroxyl groups is 1. The minimum atomic E-state index is -0.403. The molecule has 1 atom stereocenters. The molecule has 0 fully saturated rings. The summed E-state index contributed by atoms with van der Waals surface area (Å²) in [6, 6.07) is 4.83. The van der Waals surface area contributed by atoms with Gasteiger partial charge in [-0.3, -0.25) is 0 Å². The predicted octanol–water partition coefficient (Wildman–Crippen LogP) is 1.20. The van der Waals surface area contributed by atoms with Gasteiger partial charge >= 0.3 is 0 Å². The molecule has 0 saturated heterocycles. The molecule has 0 aliphatic carbocycles. The molecule has 4 heteroatoms. The number of hydrogen-bond acceptors (Lipinski definition) is 4. The molecule has 90 valence electrons. The Morgan fingerprint density at radius 2 is 1.94 bits per heavy atom. The molecule has 4 nitrogen and oxygen atoms in total. The van der Waals surface area contributed by atoms with Gasteiger partial charge in [0.1, 0.15) is 0 Å². The summed E-state index contributed by atoms with van der Waals surface area (Å²) in [4.78, 5) is 0. The van der Waals surface area contributed by atoms with E-state index < -0.39 is 6.10 Å². The quantitative estimate of drug-likeness (QED) is 0.568. The Morgan fingerprint density at radius 3 is 2.56 bits per heavy atom. The number of hydrogen-bond donors (Lipinski definition) is 4. The summed E-state index contributed by atoms with van der Waals surface area (Å²) in [6.07, 6.45) is -0.403. The summed E-state index contributed by atoms with van der Waals surface area (Å²) in [5.41, 5.74) is 0.621. The Bertz CT molecular complexity index is 339. The maximum Gasteiger partial charge on any atom is 0.161 e. The van der Waals surface area contributed by atoms with Gasteiger partial charge in [0.25, 0.3) is 0 Å². The molecule has 1 aromatic rings. The molecule has 0 aliphatic rings. The molecule has 0 bridgehead atoms. The maximum atomic E-state index is 9.55. The normalized spacial score (nSPS) is 13.0. The van der Waals surface area contributed by atoms with E-state index >= 15 is 0 Å². The molecule has 0 saturated carbocycles. The molecule has 0 aromatic heterocycles. The van der Waals surface area contributed by atoms with Gasteiger partial charge in [0.05, 0.1) is 6.10 Å². The summed E-state index contributed by atoms with van der Waals surface area (Å²) >= 11 is 0. The summed E-state index contributed by atoms with van der Waals surface area (Å²) in [5, 5.41) is 31.4. The lowest BCUT2D eigenvalue weighted by molar-refractivity contribution is 0.123. The molecule has 4 N–H and O–H groups in total. The van der Waals surface area contributed by atoms with Crippen molar-refractivity contribution in [2.24, 2.45) is 5.92 Å². The molecule has 1 unspecified atom stereocenters. The van der Waals surface area contributed by atoms with Gasteiger partial charge in [-0.05, 0) is 12.0 Å². The third-order valence-corrected chi connectivity index (χ3v) is 2.54. The van der Waals surface area contributed by atoms with Gasteiger partial charge in [-0.25, -0.2) is 0 Å². The first kappa shape index (κ1) is 12.8. The Kier molecular flexibility index (Phi) is 4.58. The average Bonchev–Trinajstić information content (AvgIpc) is 2.24. The van der Waals surface area contributed by atoms with Crippen LogP contribution in [0.15, 0.2) is 18.2 Å². The van der Waals surface area contributed by atoms with Crippen molar-refractivity contribution in [1.82, 2.24) is 5.32 Å². The third-order valence-electron chi connectivity index (χ3n) is 2.54. The van der Waals surface area contributed by atoms with E-state index in [0.29, 0.717) is 18.7 Å². The van der Waals surface area contributed by atoms with Gasteiger partial charge in [0.2, 0.25) is 0 Å². The van der Waals surface area contributed by atoms with E-state index in [0.717, 1.165) is 0 Å². The second-order valence-corrected chi connectivity index (χ2v) is 4.23. The van der Waals surface area contributed by atoms with Crippen LogP contribution in [0, 0.1) is 5.92 Å². The number of para-hydroxylation sites is 1. The van der Waals surface area contributed by atoms with Gasteiger partial charge in [-0.15, -0.1) is 0 Å². The zero-order valence-corrected chi connectivity index (χ0v) is 9.64. The van der Waals surface area contributed by atoms with Crippen molar-refractivity contribution < 1.29 is 15.3 Å². The zero-order chi connectivity index (χ0) is 12.1. The Labute approximate surface area is 95.6 Å². The van der Waals surface area contributed by atoms with Crippen LogP contribution in [0.4, 0.5) is 0 Å². The highest BCUT2D eigenvalue weighted by atomic mass is 16.3. The Morgan fingerprint density at radius 1 is 1.25 bits per heavy atom. The SMILES string of the molecule is CC(C)C(O)CNCc1cccc(O)c1O. The van der Waals surface area contributed by atoms with Crippen molar-refractivity contribution in [2.45, 2.75) is 26.5 Å². The van der Waals surface area contributed by atoms with E-state index in [4.69, 9.17) is 0 Å². The van der Waals surface area contributed by atoms with Gasteiger partial charge in [0.15, 0.2) is 11.5 Å². The van der Waals surface area contributed by atoms with E-state index in [1.54, 1.807) is 12.1 Å². The number of benzene rings is 1. The van der Waals surface area contributed by atoms with Crippen LogP contribution in [-0.2, 0) is 6.54 Å². The first-order chi connectivity index (χ1) is 7.52. The molecular weight excluding hydrogens is 206 g/mol. The summed E-state index contributed by atoms with van der Waals surface area (Å²) < 4.78 is 0. The van der Waals surface area contributed by atoms with E-state index in [2.05, 4.69) is 5.32 Å². The lowest BCUT2D eigenvalue weighted by Crippen LogP contribution is -2.30. The molecule has 0 amide bonds. The molecule has 1 aromatic carbocycles. The predicted molar refractivity (Wildman–Crippen MR) is 62.3 cm³/mol. The van der Waals surface area contributed by atoms with Gasteiger partial charge in [0, 0.05) is 18.7 Å². The lowest BCUT2D eigenvalue weighted by atomic mass is 10.1. The monoisotopic (exact) mass is 225 g/mol. The smallest absolute Gasteiger partial charge is 0.161 e. The first-order valence-corrected chi connectivity index (χ1v) is 5.41. The molecule has 0 heterocycles. The molecule has 1 rings (SSSR count). The van der Waals surface area contributed by atoms with Crippen molar-refractivity contribution in [1.29, 1.82) is 0 Å². The van der Waals surface area contributed by atoms with Gasteiger partial charge < -0.3 is 20.6 Å². The van der Waals surface area contributed by atoms with Crippen molar-refractivity contribution >= 4 is 0 Å². The van der Waals surface area contributed by atoms with Crippen molar-refractivity contribution in [3.8, 4) is 11.5 Å². The van der Waals surface area contributed by atoms with Crippen molar-refractivity contribution in [3.63, 3.8) is 0 Å². The number of nitrogens with one attached hydrogen (secondary N) is 1. The first-order valence-electron chi connectivity index (χ1n) is 5.41. The molecule has 0 aliphatic heterocycles. The minimum absolute atomic E-state index is 0.103. The number of aliphatic hydroxyl groups excluding tert-OH is 1. The van der Waals surface area contributed by atoms with Crippen LogP contribution in [0.3, 0.4) is 0 Å². The fraction of sp³-hybridized carbons (Fsp3) is 0.500. The van der Waals surface area contributed by atoms with E-state index in [1.165, 1.54) is 6.07 Å². The molecule has 0 spiro atoms. The Balaban J connectivity index is 2.46. The number of phenolic OH excluding ortho intramolecular Hbond substituents is 2. The Hall–Kier alpha value is -1.26. The molecule has 0 radical (unpaired) electrons. The lowest BCUT2D eigenvalue weighted by Gasteiger charge is -2.15. The van der Waals surface area contributed by atoms with Crippen LogP contribution in [0.5, 0.6) is 11.5 Å². The third kappa shape index (κ3) is 3.40. The largest absolute Gasteiger partial charge is 0.504 e. The molecular formula is C12H19NO3. The van der Waals surface area contributed by atoms with E-state index in [-0.39, 0.29) is 17.4 Å². The fourth-order valence-corrected chi connectivity index (χ4v) is 1.31. The fourth-order valence-electron chi connectivity index (χ4n) is 1.31. The second-order valence-electron chi connectivity index (χ2n) is 4.23. The van der Waals surface area contributed by atoms with Crippen molar-refractivity contribution in [3.05, 3.63) is 23.8 Å². The minimum Gasteiger partial charge on any atom is -0.504 e. The second kappa shape index (κ2) is 5.72. The highest BCUT2D eigenvalue weighted by molar-refractivity contribution is 5.44. The van der Waals surface area contributed by atoms with Crippen LogP contribution < -0.4 is 5.32 Å². The highest BCUT2D eigenvalue weighted by Gasteiger charge is 2.09. The van der Waals surface area contributed by atoms with Crippen molar-refractivity contribution in [2.75, 3.05) is 6.54 Å². The van der Waals surface area contributed by atoms with Crippen LogP contribution in [-0.4, -0.2) is 28.0 Å². The van der Waals surface area contributed by atoms with Gasteiger partial charge in [-0.2, -0.15) is 0 Å². The van der Waals surface area contributed by atoms with E-state index in [1.807, 2.05) is 13.8 Å². The number of rotatable bonds is 5. The number of aromatic hydroxyl groups is 2. The summed E-state index contributed by atoms with van der Waals surface area (Å²) in [6.45, 7) is 4.77. The summed E-state index contributed by atoms with van der Waals surface area (Å²) in [7, 11) is 0. The van der Waals surface area contributed by atoms with Crippen LogP contribution in [0.2, 0.25) is 0 Å². The number of phenols is 2. The topological polar surface area (TPSA) is 72.7 Å². The average molecular weight is 225 g/mol. The van der Waals surface area contributed by atoms with Crippen LogP contribution in [0.25, 0.3) is 0 Å².